The molecule has 2 aromatic rings. The number of carbonyl (C=O) groups is 1. The van der Waals surface area contributed by atoms with Crippen LogP contribution in [0, 0.1) is 0 Å². The largest absolute Gasteiger partial charge is 0.289 e. The van der Waals surface area contributed by atoms with Crippen molar-refractivity contribution >= 4 is 63.6 Å². The Bertz CT molecular complexity index is 861. The van der Waals surface area contributed by atoms with Crippen molar-refractivity contribution in [3.05, 3.63) is 76.7 Å². The molecule has 2 aromatic carbocycles. The number of benzene rings is 2. The van der Waals surface area contributed by atoms with Crippen molar-refractivity contribution in [3.8, 4) is 0 Å². The fourth-order valence-corrected chi connectivity index (χ4v) is 4.56. The van der Waals surface area contributed by atoms with Crippen molar-refractivity contribution in [1.82, 2.24) is 4.90 Å². The maximum absolute atomic E-state index is 12.5. The SMILES string of the molecule is C=CCN1C(=O)C(=Cc2ccccc2Sc2ccc(Cl)cc2)SC1=S. The molecule has 0 saturated carbocycles. The second-order valence-electron chi connectivity index (χ2n) is 5.17. The first-order valence-electron chi connectivity index (χ1n) is 7.47. The number of amides is 1. The molecule has 0 spiro atoms. The molecule has 1 aliphatic rings. The predicted octanol–water partition coefficient (Wildman–Crippen LogP) is 5.88. The lowest BCUT2D eigenvalue weighted by molar-refractivity contribution is -0.121. The number of thioether (sulfide) groups is 1. The summed E-state index contributed by atoms with van der Waals surface area (Å²) in [5, 5.41) is 0.712. The second-order valence-corrected chi connectivity index (χ2v) is 8.40. The smallest absolute Gasteiger partial charge is 0.266 e. The van der Waals surface area contributed by atoms with Crippen molar-refractivity contribution < 1.29 is 4.79 Å². The summed E-state index contributed by atoms with van der Waals surface area (Å²) in [6.45, 7) is 4.11. The van der Waals surface area contributed by atoms with Gasteiger partial charge in [-0.1, -0.05) is 71.6 Å². The molecule has 1 heterocycles. The van der Waals surface area contributed by atoms with E-state index in [1.54, 1.807) is 22.7 Å². The normalized spacial score (nSPS) is 15.9. The van der Waals surface area contributed by atoms with Gasteiger partial charge in [-0.3, -0.25) is 9.69 Å². The summed E-state index contributed by atoms with van der Waals surface area (Å²) < 4.78 is 0.569. The third kappa shape index (κ3) is 4.36. The number of thiocarbonyl (C=S) groups is 1. The van der Waals surface area contributed by atoms with Crippen molar-refractivity contribution in [3.63, 3.8) is 0 Å². The van der Waals surface area contributed by atoms with Gasteiger partial charge in [0.05, 0.1) is 4.91 Å². The van der Waals surface area contributed by atoms with E-state index in [1.807, 2.05) is 54.6 Å². The van der Waals surface area contributed by atoms with Crippen LogP contribution in [0.15, 0.2) is 75.9 Å². The Labute approximate surface area is 165 Å². The highest BCUT2D eigenvalue weighted by molar-refractivity contribution is 8.26. The Kier molecular flexibility index (Phi) is 6.02. The molecule has 0 unspecified atom stereocenters. The van der Waals surface area contributed by atoms with Gasteiger partial charge >= 0.3 is 0 Å². The van der Waals surface area contributed by atoms with Gasteiger partial charge in [0.15, 0.2) is 0 Å². The minimum absolute atomic E-state index is 0.0683. The molecule has 6 heteroatoms. The molecule has 0 radical (unpaired) electrons. The average Bonchev–Trinajstić information content (AvgIpc) is 2.86. The van der Waals surface area contributed by atoms with Gasteiger partial charge in [-0.2, -0.15) is 0 Å². The molecule has 0 aromatic heterocycles. The minimum Gasteiger partial charge on any atom is -0.289 e. The van der Waals surface area contributed by atoms with Crippen LogP contribution in [0.25, 0.3) is 6.08 Å². The van der Waals surface area contributed by atoms with Crippen LogP contribution in [0.5, 0.6) is 0 Å². The van der Waals surface area contributed by atoms with E-state index in [0.717, 1.165) is 15.4 Å². The van der Waals surface area contributed by atoms with Gasteiger partial charge in [0.25, 0.3) is 5.91 Å². The van der Waals surface area contributed by atoms with Gasteiger partial charge in [-0.15, -0.1) is 6.58 Å². The summed E-state index contributed by atoms with van der Waals surface area (Å²) in [4.78, 5) is 16.9. The topological polar surface area (TPSA) is 20.3 Å². The van der Waals surface area contributed by atoms with E-state index in [9.17, 15) is 4.79 Å². The van der Waals surface area contributed by atoms with Crippen LogP contribution in [0.4, 0.5) is 0 Å². The molecule has 1 fully saturated rings. The maximum Gasteiger partial charge on any atom is 0.266 e. The first kappa shape index (κ1) is 18.3. The number of halogens is 1. The lowest BCUT2D eigenvalue weighted by atomic mass is 10.2. The molecule has 2 nitrogen and oxygen atoms in total. The van der Waals surface area contributed by atoms with Gasteiger partial charge < -0.3 is 0 Å². The molecule has 25 heavy (non-hydrogen) atoms. The second kappa shape index (κ2) is 8.23. The Balaban J connectivity index is 1.88. The average molecular weight is 404 g/mol. The number of carbonyl (C=O) groups excluding carboxylic acids is 1. The van der Waals surface area contributed by atoms with Crippen LogP contribution in [0.1, 0.15) is 5.56 Å². The fraction of sp³-hybridized carbons (Fsp3) is 0.0526. The zero-order valence-electron chi connectivity index (χ0n) is 13.1. The van der Waals surface area contributed by atoms with E-state index >= 15 is 0 Å². The standard InChI is InChI=1S/C19H14ClNOS3/c1-2-11-21-18(22)17(25-19(21)23)12-13-5-3-4-6-16(13)24-15-9-7-14(20)8-10-15/h2-10,12H,1,11H2. The highest BCUT2D eigenvalue weighted by Gasteiger charge is 2.31. The molecular formula is C19H14ClNOS3. The molecule has 0 aliphatic carbocycles. The first-order valence-corrected chi connectivity index (χ1v) is 9.89. The highest BCUT2D eigenvalue weighted by atomic mass is 35.5. The Morgan fingerprint density at radius 1 is 1.20 bits per heavy atom. The lowest BCUT2D eigenvalue weighted by Crippen LogP contribution is -2.27. The van der Waals surface area contributed by atoms with E-state index in [4.69, 9.17) is 23.8 Å². The van der Waals surface area contributed by atoms with E-state index < -0.39 is 0 Å². The number of hydrogen-bond donors (Lipinski definition) is 0. The van der Waals surface area contributed by atoms with Crippen LogP contribution in [-0.4, -0.2) is 21.7 Å². The van der Waals surface area contributed by atoms with E-state index in [0.29, 0.717) is 20.8 Å². The molecule has 1 saturated heterocycles. The molecule has 126 valence electrons. The number of rotatable bonds is 5. The van der Waals surface area contributed by atoms with Crippen molar-refractivity contribution in [2.75, 3.05) is 6.54 Å². The van der Waals surface area contributed by atoms with Crippen LogP contribution in [-0.2, 0) is 4.79 Å². The Morgan fingerprint density at radius 3 is 2.64 bits per heavy atom. The molecular weight excluding hydrogens is 390 g/mol. The van der Waals surface area contributed by atoms with Gasteiger partial charge in [0, 0.05) is 21.4 Å². The van der Waals surface area contributed by atoms with Crippen LogP contribution >= 0.6 is 47.3 Å². The summed E-state index contributed by atoms with van der Waals surface area (Å²) in [7, 11) is 0. The summed E-state index contributed by atoms with van der Waals surface area (Å²) >= 11 is 14.2. The quantitative estimate of drug-likeness (QED) is 0.353. The molecule has 0 N–H and O–H groups in total. The maximum atomic E-state index is 12.5. The van der Waals surface area contributed by atoms with Crippen LogP contribution in [0.2, 0.25) is 5.02 Å². The van der Waals surface area contributed by atoms with Crippen molar-refractivity contribution in [2.45, 2.75) is 9.79 Å². The Morgan fingerprint density at radius 2 is 1.92 bits per heavy atom. The third-order valence-corrected chi connectivity index (χ3v) is 6.16. The van der Waals surface area contributed by atoms with Gasteiger partial charge in [0.1, 0.15) is 4.32 Å². The highest BCUT2D eigenvalue weighted by Crippen LogP contribution is 2.36. The first-order chi connectivity index (χ1) is 12.1. The summed E-state index contributed by atoms with van der Waals surface area (Å²) in [6.07, 6.45) is 3.58. The fourth-order valence-electron chi connectivity index (χ4n) is 2.25. The number of nitrogens with zero attached hydrogens (tertiary/aromatic N) is 1. The van der Waals surface area contributed by atoms with E-state index in [-0.39, 0.29) is 5.91 Å². The molecule has 0 atom stereocenters. The summed E-state index contributed by atoms with van der Waals surface area (Å²) in [5.74, 6) is -0.0683. The van der Waals surface area contributed by atoms with E-state index in [1.165, 1.54) is 11.8 Å². The zero-order valence-corrected chi connectivity index (χ0v) is 16.4. The minimum atomic E-state index is -0.0683. The molecule has 1 amide bonds. The molecule has 1 aliphatic heterocycles. The lowest BCUT2D eigenvalue weighted by Gasteiger charge is -2.10. The Hall–Kier alpha value is -1.53. The zero-order chi connectivity index (χ0) is 17.8. The summed E-state index contributed by atoms with van der Waals surface area (Å²) in [5.41, 5.74) is 0.988. The summed E-state index contributed by atoms with van der Waals surface area (Å²) in [6, 6.07) is 15.7. The number of hydrogen-bond acceptors (Lipinski definition) is 4. The van der Waals surface area contributed by atoms with Crippen molar-refractivity contribution in [2.24, 2.45) is 0 Å². The predicted molar refractivity (Wildman–Crippen MR) is 112 cm³/mol. The van der Waals surface area contributed by atoms with Crippen LogP contribution in [0.3, 0.4) is 0 Å². The van der Waals surface area contributed by atoms with Crippen LogP contribution < -0.4 is 0 Å². The molecule has 0 bridgehead atoms. The van der Waals surface area contributed by atoms with Crippen molar-refractivity contribution in [1.29, 1.82) is 0 Å². The van der Waals surface area contributed by atoms with Gasteiger partial charge in [-0.25, -0.2) is 0 Å². The third-order valence-electron chi connectivity index (χ3n) is 3.43. The molecule has 3 rings (SSSR count). The van der Waals surface area contributed by atoms with E-state index in [2.05, 4.69) is 6.58 Å². The van der Waals surface area contributed by atoms with Gasteiger partial charge in [0.2, 0.25) is 0 Å². The van der Waals surface area contributed by atoms with Gasteiger partial charge in [-0.05, 0) is 42.0 Å². The monoisotopic (exact) mass is 403 g/mol.